The zero-order valence-corrected chi connectivity index (χ0v) is 13.7. The molecule has 6 nitrogen and oxygen atoms in total. The van der Waals surface area contributed by atoms with Crippen molar-refractivity contribution < 1.29 is 14.3 Å². The van der Waals surface area contributed by atoms with Crippen molar-refractivity contribution in [2.75, 3.05) is 29.9 Å². The van der Waals surface area contributed by atoms with Crippen LogP contribution in [-0.4, -0.2) is 31.6 Å². The van der Waals surface area contributed by atoms with Crippen molar-refractivity contribution >= 4 is 23.3 Å². The first kappa shape index (κ1) is 16.6. The Morgan fingerprint density at radius 2 is 2.12 bits per heavy atom. The van der Waals surface area contributed by atoms with Crippen LogP contribution in [-0.2, 0) is 0 Å². The summed E-state index contributed by atoms with van der Waals surface area (Å²) in [6.07, 6.45) is 1.62. The molecule has 0 atom stereocenters. The average molecular weight is 337 g/mol. The topological polar surface area (TPSA) is 70.7 Å². The van der Waals surface area contributed by atoms with Crippen LogP contribution in [0.4, 0.5) is 16.2 Å². The number of urea groups is 1. The summed E-state index contributed by atoms with van der Waals surface area (Å²) in [5.74, 6) is 0.220. The van der Waals surface area contributed by atoms with Crippen LogP contribution in [0.2, 0.25) is 0 Å². The summed E-state index contributed by atoms with van der Waals surface area (Å²) in [7, 11) is 0. The van der Waals surface area contributed by atoms with Crippen LogP contribution in [0.5, 0.6) is 5.75 Å². The van der Waals surface area contributed by atoms with Gasteiger partial charge in [-0.25, -0.2) is 4.79 Å². The third-order valence-corrected chi connectivity index (χ3v) is 3.76. The highest BCUT2D eigenvalue weighted by Gasteiger charge is 2.21. The van der Waals surface area contributed by atoms with Crippen molar-refractivity contribution in [1.82, 2.24) is 5.32 Å². The van der Waals surface area contributed by atoms with Gasteiger partial charge in [0.15, 0.2) is 0 Å². The van der Waals surface area contributed by atoms with Crippen LogP contribution in [0, 0.1) is 0 Å². The maximum atomic E-state index is 12.6. The van der Waals surface area contributed by atoms with Crippen LogP contribution in [0.3, 0.4) is 0 Å². The zero-order valence-electron chi connectivity index (χ0n) is 13.7. The predicted molar refractivity (Wildman–Crippen MR) is 97.3 cm³/mol. The molecule has 0 spiro atoms. The third-order valence-electron chi connectivity index (χ3n) is 3.76. The van der Waals surface area contributed by atoms with E-state index < -0.39 is 0 Å². The van der Waals surface area contributed by atoms with Crippen molar-refractivity contribution in [3.63, 3.8) is 0 Å². The van der Waals surface area contributed by atoms with Crippen LogP contribution < -0.4 is 20.3 Å². The number of nitrogens with one attached hydrogen (secondary N) is 2. The second-order valence-corrected chi connectivity index (χ2v) is 5.48. The lowest BCUT2D eigenvalue weighted by molar-refractivity contribution is 0.102. The lowest BCUT2D eigenvalue weighted by atomic mass is 10.1. The average Bonchev–Trinajstić information content (AvgIpc) is 3.06. The number of para-hydroxylation sites is 1. The molecule has 2 aromatic carbocycles. The Kier molecular flexibility index (Phi) is 4.99. The normalized spacial score (nSPS) is 13.3. The molecule has 0 bridgehead atoms. The number of nitrogens with zero attached hydrogens (tertiary/aromatic N) is 1. The molecule has 0 unspecified atom stereocenters. The van der Waals surface area contributed by atoms with Crippen LogP contribution >= 0.6 is 0 Å². The smallest absolute Gasteiger partial charge is 0.321 e. The molecule has 0 aliphatic carbocycles. The van der Waals surface area contributed by atoms with Gasteiger partial charge < -0.3 is 15.4 Å². The molecule has 0 aromatic heterocycles. The minimum Gasteiger partial charge on any atom is -0.489 e. The standard InChI is InChI=1S/C19H19N3O3/c1-2-12-25-17-9-4-3-8-16(17)18(23)21-14-6-5-7-15(13-14)22-11-10-20-19(22)24/h2-9,13H,1,10-12H2,(H,20,24)(H,21,23). The number of carbonyl (C=O) groups excluding carboxylic acids is 2. The van der Waals surface area contributed by atoms with Gasteiger partial charge in [0.25, 0.3) is 5.91 Å². The molecule has 3 rings (SSSR count). The molecule has 1 aliphatic rings. The fourth-order valence-electron chi connectivity index (χ4n) is 2.60. The fourth-order valence-corrected chi connectivity index (χ4v) is 2.60. The first-order chi connectivity index (χ1) is 12.2. The van der Waals surface area contributed by atoms with Crippen molar-refractivity contribution in [3.05, 3.63) is 66.7 Å². The Morgan fingerprint density at radius 1 is 1.28 bits per heavy atom. The summed E-state index contributed by atoms with van der Waals surface area (Å²) >= 11 is 0. The molecule has 3 amide bonds. The van der Waals surface area contributed by atoms with Crippen LogP contribution in [0.15, 0.2) is 61.2 Å². The van der Waals surface area contributed by atoms with E-state index >= 15 is 0 Å². The van der Waals surface area contributed by atoms with Gasteiger partial charge in [-0.15, -0.1) is 0 Å². The molecule has 2 aromatic rings. The molecular weight excluding hydrogens is 318 g/mol. The summed E-state index contributed by atoms with van der Waals surface area (Å²) in [5, 5.41) is 5.61. The number of anilines is 2. The second kappa shape index (κ2) is 7.53. The van der Waals surface area contributed by atoms with Crippen molar-refractivity contribution in [1.29, 1.82) is 0 Å². The number of hydrogen-bond donors (Lipinski definition) is 2. The Bertz CT molecular complexity index is 804. The maximum Gasteiger partial charge on any atom is 0.321 e. The van der Waals surface area contributed by atoms with Gasteiger partial charge in [0.2, 0.25) is 0 Å². The van der Waals surface area contributed by atoms with Crippen LogP contribution in [0.1, 0.15) is 10.4 Å². The monoisotopic (exact) mass is 337 g/mol. The number of benzene rings is 2. The van der Waals surface area contributed by atoms with E-state index in [9.17, 15) is 9.59 Å². The molecule has 1 fully saturated rings. The highest BCUT2D eigenvalue weighted by Crippen LogP contribution is 2.23. The van der Waals surface area contributed by atoms with Gasteiger partial charge in [-0.2, -0.15) is 0 Å². The van der Waals surface area contributed by atoms with Gasteiger partial charge >= 0.3 is 6.03 Å². The van der Waals surface area contributed by atoms with E-state index in [0.29, 0.717) is 36.7 Å². The van der Waals surface area contributed by atoms with E-state index in [-0.39, 0.29) is 11.9 Å². The van der Waals surface area contributed by atoms with Gasteiger partial charge in [0, 0.05) is 24.5 Å². The van der Waals surface area contributed by atoms with E-state index in [4.69, 9.17) is 4.74 Å². The van der Waals surface area contributed by atoms with E-state index in [0.717, 1.165) is 5.69 Å². The fraction of sp³-hybridized carbons (Fsp3) is 0.158. The molecule has 0 radical (unpaired) electrons. The Balaban J connectivity index is 1.77. The minimum atomic E-state index is -0.275. The molecule has 1 aliphatic heterocycles. The summed E-state index contributed by atoms with van der Waals surface area (Å²) in [6, 6.07) is 14.1. The molecule has 0 saturated carbocycles. The predicted octanol–water partition coefficient (Wildman–Crippen LogP) is 3.03. The molecule has 128 valence electrons. The van der Waals surface area contributed by atoms with Gasteiger partial charge in [-0.1, -0.05) is 30.9 Å². The maximum absolute atomic E-state index is 12.6. The van der Waals surface area contributed by atoms with E-state index in [2.05, 4.69) is 17.2 Å². The highest BCUT2D eigenvalue weighted by atomic mass is 16.5. The number of rotatable bonds is 6. The SMILES string of the molecule is C=CCOc1ccccc1C(=O)Nc1cccc(N2CCNC2=O)c1. The molecule has 1 saturated heterocycles. The Morgan fingerprint density at radius 3 is 2.88 bits per heavy atom. The number of hydrogen-bond acceptors (Lipinski definition) is 3. The first-order valence-corrected chi connectivity index (χ1v) is 7.98. The highest BCUT2D eigenvalue weighted by molar-refractivity contribution is 6.06. The zero-order chi connectivity index (χ0) is 17.6. The van der Waals surface area contributed by atoms with Gasteiger partial charge in [0.1, 0.15) is 12.4 Å². The Hall–Kier alpha value is -3.28. The minimum absolute atomic E-state index is 0.133. The molecule has 25 heavy (non-hydrogen) atoms. The van der Waals surface area contributed by atoms with Gasteiger partial charge in [0.05, 0.1) is 5.56 Å². The summed E-state index contributed by atoms with van der Waals surface area (Å²) in [5.41, 5.74) is 1.79. The van der Waals surface area contributed by atoms with E-state index in [1.54, 1.807) is 47.4 Å². The lowest BCUT2D eigenvalue weighted by Crippen LogP contribution is -2.27. The Labute approximate surface area is 146 Å². The number of amides is 3. The van der Waals surface area contributed by atoms with Gasteiger partial charge in [-0.05, 0) is 30.3 Å². The molecule has 6 heteroatoms. The quantitative estimate of drug-likeness (QED) is 0.796. The second-order valence-electron chi connectivity index (χ2n) is 5.48. The molecule has 2 N–H and O–H groups in total. The summed E-state index contributed by atoms with van der Waals surface area (Å²) in [4.78, 5) is 26.0. The summed E-state index contributed by atoms with van der Waals surface area (Å²) in [6.45, 7) is 5.15. The first-order valence-electron chi connectivity index (χ1n) is 7.98. The van der Waals surface area contributed by atoms with Crippen molar-refractivity contribution in [3.8, 4) is 5.75 Å². The van der Waals surface area contributed by atoms with E-state index in [1.165, 1.54) is 0 Å². The molecule has 1 heterocycles. The van der Waals surface area contributed by atoms with Crippen LogP contribution in [0.25, 0.3) is 0 Å². The number of ether oxygens (including phenoxy) is 1. The third kappa shape index (κ3) is 3.80. The van der Waals surface area contributed by atoms with Crippen molar-refractivity contribution in [2.45, 2.75) is 0 Å². The largest absolute Gasteiger partial charge is 0.489 e. The molecular formula is C19H19N3O3. The lowest BCUT2D eigenvalue weighted by Gasteiger charge is -2.16. The van der Waals surface area contributed by atoms with E-state index in [1.807, 2.05) is 12.1 Å². The summed E-state index contributed by atoms with van der Waals surface area (Å²) < 4.78 is 5.52. The van der Waals surface area contributed by atoms with Crippen molar-refractivity contribution in [2.24, 2.45) is 0 Å². The number of carbonyl (C=O) groups is 2. The van der Waals surface area contributed by atoms with Gasteiger partial charge in [-0.3, -0.25) is 9.69 Å².